The van der Waals surface area contributed by atoms with Crippen molar-refractivity contribution in [3.63, 3.8) is 0 Å². The molecule has 0 spiro atoms. The highest BCUT2D eigenvalue weighted by molar-refractivity contribution is 6.45. The average Bonchev–Trinajstić information content (AvgIpc) is 2.32. The lowest BCUT2D eigenvalue weighted by Crippen LogP contribution is -2.52. The van der Waals surface area contributed by atoms with Gasteiger partial charge >= 0.3 is 0 Å². The molecule has 1 rings (SSSR count). The molecule has 1 saturated carbocycles. The van der Waals surface area contributed by atoms with Gasteiger partial charge in [0.15, 0.2) is 0 Å². The molecule has 0 aliphatic heterocycles. The molecular formula is C9H13Cl6FO. The summed E-state index contributed by atoms with van der Waals surface area (Å²) in [7, 11) is 0. The minimum atomic E-state index is -0.782. The van der Waals surface area contributed by atoms with Crippen LogP contribution in [0, 0.1) is 0 Å². The molecular weight excluding hydrogens is 356 g/mol. The van der Waals surface area contributed by atoms with E-state index < -0.39 is 45.0 Å². The minimum absolute atomic E-state index is 0.437. The first kappa shape index (κ1) is 18.6. The highest BCUT2D eigenvalue weighted by atomic mass is 35.5. The topological polar surface area (TPSA) is 20.2 Å². The van der Waals surface area contributed by atoms with E-state index in [9.17, 15) is 4.39 Å². The van der Waals surface area contributed by atoms with Gasteiger partial charge in [-0.15, -0.1) is 69.6 Å². The van der Waals surface area contributed by atoms with Gasteiger partial charge in [-0.25, -0.2) is 4.39 Å². The Morgan fingerprint density at radius 2 is 0.941 bits per heavy atom. The first-order chi connectivity index (χ1) is 7.73. The Morgan fingerprint density at radius 3 is 1.00 bits per heavy atom. The van der Waals surface area contributed by atoms with Crippen molar-refractivity contribution < 1.29 is 9.50 Å². The van der Waals surface area contributed by atoms with Crippen molar-refractivity contribution in [2.24, 2.45) is 0 Å². The van der Waals surface area contributed by atoms with Crippen LogP contribution in [0.1, 0.15) is 6.92 Å². The van der Waals surface area contributed by atoms with Gasteiger partial charge in [-0.05, 0) is 6.92 Å². The van der Waals surface area contributed by atoms with Crippen LogP contribution in [-0.2, 0) is 0 Å². The lowest BCUT2D eigenvalue weighted by molar-refractivity contribution is 0.158. The van der Waals surface area contributed by atoms with Crippen LogP contribution in [-0.4, -0.2) is 50.1 Å². The highest BCUT2D eigenvalue weighted by Crippen LogP contribution is 2.39. The molecule has 1 atom stereocenters. The molecule has 17 heavy (non-hydrogen) atoms. The van der Waals surface area contributed by atoms with E-state index in [4.69, 9.17) is 74.7 Å². The number of alkyl halides is 7. The van der Waals surface area contributed by atoms with E-state index in [1.165, 1.54) is 6.92 Å². The Kier molecular flexibility index (Phi) is 9.57. The summed E-state index contributed by atoms with van der Waals surface area (Å²) < 4.78 is 10.9. The highest BCUT2D eigenvalue weighted by Gasteiger charge is 2.46. The summed E-state index contributed by atoms with van der Waals surface area (Å²) in [5.41, 5.74) is 0. The lowest BCUT2D eigenvalue weighted by atomic mass is 9.97. The second kappa shape index (κ2) is 8.73. The number of hydrogen-bond donors (Lipinski definition) is 1. The fourth-order valence-corrected chi connectivity index (χ4v) is 3.38. The van der Waals surface area contributed by atoms with Gasteiger partial charge < -0.3 is 5.11 Å². The first-order valence-corrected chi connectivity index (χ1v) is 7.44. The van der Waals surface area contributed by atoms with Gasteiger partial charge in [-0.1, -0.05) is 0 Å². The Balaban J connectivity index is 0.000000437. The molecule has 1 fully saturated rings. The van der Waals surface area contributed by atoms with Gasteiger partial charge in [0.1, 0.15) is 6.67 Å². The third-order valence-corrected chi connectivity index (χ3v) is 6.08. The van der Waals surface area contributed by atoms with Crippen molar-refractivity contribution in [1.82, 2.24) is 0 Å². The van der Waals surface area contributed by atoms with Crippen molar-refractivity contribution >= 4 is 69.6 Å². The third-order valence-electron chi connectivity index (χ3n) is 2.05. The second-order valence-corrected chi connectivity index (χ2v) is 6.69. The molecule has 0 aromatic heterocycles. The van der Waals surface area contributed by atoms with E-state index in [-0.39, 0.29) is 0 Å². The van der Waals surface area contributed by atoms with Gasteiger partial charge in [0.25, 0.3) is 0 Å². The summed E-state index contributed by atoms with van der Waals surface area (Å²) in [4.78, 5) is 0. The van der Waals surface area contributed by atoms with Crippen LogP contribution in [0.2, 0.25) is 0 Å². The molecule has 0 heterocycles. The van der Waals surface area contributed by atoms with Crippen LogP contribution in [0.4, 0.5) is 4.39 Å². The van der Waals surface area contributed by atoms with Crippen molar-refractivity contribution in [2.45, 2.75) is 45.3 Å². The average molecular weight is 369 g/mol. The molecule has 1 aliphatic rings. The summed E-state index contributed by atoms with van der Waals surface area (Å²) in [6.45, 7) is 0.764. The largest absolute Gasteiger partial charge is 0.391 e. The molecule has 0 saturated heterocycles. The summed E-state index contributed by atoms with van der Waals surface area (Å²) in [6, 6.07) is 0. The SMILES string of the molecule is CC(O)CF.Cl[C@H]1[C@H](Cl)[C@@H](Cl)[C@@H](Cl)[C@H](Cl)[C@H]1Cl. The first-order valence-electron chi connectivity index (χ1n) is 4.82. The van der Waals surface area contributed by atoms with Gasteiger partial charge in [0.2, 0.25) is 0 Å². The van der Waals surface area contributed by atoms with Crippen LogP contribution in [0.5, 0.6) is 0 Å². The van der Waals surface area contributed by atoms with Crippen LogP contribution < -0.4 is 0 Å². The third kappa shape index (κ3) is 5.64. The standard InChI is InChI=1S/C6H6Cl6.C3H7FO/c7-1-2(8)4(10)6(12)5(11)3(1)9;1-3(5)2-4/h1-6H;3,5H,2H2,1H3/t1-,2-,3-,4+,5+,6+;. The number of rotatable bonds is 1. The molecule has 0 aromatic carbocycles. The zero-order valence-corrected chi connectivity index (χ0v) is 13.4. The van der Waals surface area contributed by atoms with Gasteiger partial charge in [-0.3, -0.25) is 0 Å². The summed E-state index contributed by atoms with van der Waals surface area (Å²) >= 11 is 35.3. The zero-order chi connectivity index (χ0) is 13.7. The number of hydrogen-bond acceptors (Lipinski definition) is 1. The van der Waals surface area contributed by atoms with Crippen molar-refractivity contribution in [1.29, 1.82) is 0 Å². The minimum Gasteiger partial charge on any atom is -0.391 e. The normalized spacial score (nSPS) is 43.6. The lowest BCUT2D eigenvalue weighted by Gasteiger charge is -2.37. The maximum Gasteiger partial charge on any atom is 0.115 e. The van der Waals surface area contributed by atoms with E-state index in [2.05, 4.69) is 0 Å². The van der Waals surface area contributed by atoms with E-state index in [0.717, 1.165) is 0 Å². The van der Waals surface area contributed by atoms with Gasteiger partial charge in [0.05, 0.1) is 38.4 Å². The second-order valence-electron chi connectivity index (χ2n) is 3.67. The van der Waals surface area contributed by atoms with Crippen LogP contribution in [0.3, 0.4) is 0 Å². The van der Waals surface area contributed by atoms with Gasteiger partial charge in [0, 0.05) is 0 Å². The molecule has 0 amide bonds. The summed E-state index contributed by atoms with van der Waals surface area (Å²) in [6.07, 6.45) is -0.782. The molecule has 1 aliphatic carbocycles. The van der Waals surface area contributed by atoms with Crippen molar-refractivity contribution in [2.75, 3.05) is 6.67 Å². The Bertz CT molecular complexity index is 161. The fraction of sp³-hybridized carbons (Fsp3) is 1.00. The Morgan fingerprint density at radius 1 is 0.824 bits per heavy atom. The smallest absolute Gasteiger partial charge is 0.115 e. The molecule has 1 N–H and O–H groups in total. The predicted octanol–water partition coefficient (Wildman–Crippen LogP) is 3.98. The molecule has 0 aromatic rings. The van der Waals surface area contributed by atoms with E-state index in [0.29, 0.717) is 0 Å². The zero-order valence-electron chi connectivity index (χ0n) is 8.84. The Hall–Kier alpha value is 1.63. The van der Waals surface area contributed by atoms with Crippen LogP contribution in [0.25, 0.3) is 0 Å². The maximum absolute atomic E-state index is 10.9. The van der Waals surface area contributed by atoms with E-state index >= 15 is 0 Å². The van der Waals surface area contributed by atoms with Crippen LogP contribution in [0.15, 0.2) is 0 Å². The summed E-state index contributed by atoms with van der Waals surface area (Å²) in [5.74, 6) is 0. The van der Waals surface area contributed by atoms with Crippen molar-refractivity contribution in [3.8, 4) is 0 Å². The van der Waals surface area contributed by atoms with E-state index in [1.807, 2.05) is 0 Å². The molecule has 104 valence electrons. The monoisotopic (exact) mass is 366 g/mol. The van der Waals surface area contributed by atoms with Gasteiger partial charge in [-0.2, -0.15) is 0 Å². The fourth-order valence-electron chi connectivity index (χ4n) is 1.05. The Labute approximate surface area is 130 Å². The summed E-state index contributed by atoms with van der Waals surface area (Å²) in [5, 5.41) is 5.37. The molecule has 1 nitrogen and oxygen atoms in total. The molecule has 0 bridgehead atoms. The van der Waals surface area contributed by atoms with Crippen molar-refractivity contribution in [3.05, 3.63) is 0 Å². The number of halogens is 7. The van der Waals surface area contributed by atoms with E-state index in [1.54, 1.807) is 0 Å². The predicted molar refractivity (Wildman–Crippen MR) is 75.5 cm³/mol. The quantitative estimate of drug-likeness (QED) is 0.694. The van der Waals surface area contributed by atoms with Crippen LogP contribution >= 0.6 is 69.6 Å². The number of aliphatic hydroxyl groups excluding tert-OH is 1. The molecule has 0 radical (unpaired) electrons. The molecule has 8 heteroatoms. The number of aliphatic hydroxyl groups is 1. The molecule has 1 unspecified atom stereocenters. The maximum atomic E-state index is 10.9.